The molecule has 0 bridgehead atoms. The number of methoxy groups -OCH3 is 2. The minimum absolute atomic E-state index is 0.0229. The van der Waals surface area contributed by atoms with Crippen molar-refractivity contribution in [3.8, 4) is 0 Å². The summed E-state index contributed by atoms with van der Waals surface area (Å²) in [6.07, 6.45) is 11.5. The molecule has 1 atom stereocenters. The van der Waals surface area contributed by atoms with E-state index in [2.05, 4.69) is 6.92 Å². The minimum atomic E-state index is -1.06. The molecule has 5 heteroatoms. The van der Waals surface area contributed by atoms with Crippen LogP contribution in [-0.2, 0) is 20.6 Å². The SMILES string of the molecule is CCCCCCCCC(CCCCc1ccc(F)cc1F)C(OC)(OC)OC(C)C. The molecule has 0 N–H and O–H groups in total. The Morgan fingerprint density at radius 1 is 0.867 bits per heavy atom. The zero-order valence-electron chi connectivity index (χ0n) is 19.6. The highest BCUT2D eigenvalue weighted by Gasteiger charge is 2.41. The van der Waals surface area contributed by atoms with Crippen LogP contribution in [0.2, 0.25) is 0 Å². The molecule has 1 unspecified atom stereocenters. The van der Waals surface area contributed by atoms with Crippen LogP contribution < -0.4 is 0 Å². The highest BCUT2D eigenvalue weighted by atomic mass is 19.1. The molecule has 0 amide bonds. The maximum Gasteiger partial charge on any atom is 0.285 e. The summed E-state index contributed by atoms with van der Waals surface area (Å²) in [5, 5.41) is 0. The molecule has 0 aliphatic heterocycles. The second-order valence-electron chi connectivity index (χ2n) is 8.41. The summed E-state index contributed by atoms with van der Waals surface area (Å²) in [5.41, 5.74) is 0.562. The molecule has 0 fully saturated rings. The third-order valence-corrected chi connectivity index (χ3v) is 5.64. The van der Waals surface area contributed by atoms with Crippen LogP contribution >= 0.6 is 0 Å². The molecule has 3 nitrogen and oxygen atoms in total. The molecule has 1 rings (SSSR count). The smallest absolute Gasteiger partial charge is 0.285 e. The zero-order valence-corrected chi connectivity index (χ0v) is 19.6. The van der Waals surface area contributed by atoms with E-state index in [9.17, 15) is 8.78 Å². The van der Waals surface area contributed by atoms with Crippen LogP contribution in [0.5, 0.6) is 0 Å². The molecule has 0 saturated heterocycles. The largest absolute Gasteiger partial charge is 0.331 e. The van der Waals surface area contributed by atoms with Gasteiger partial charge in [-0.2, -0.15) is 0 Å². The van der Waals surface area contributed by atoms with Crippen LogP contribution in [0.1, 0.15) is 90.5 Å². The lowest BCUT2D eigenvalue weighted by Gasteiger charge is -2.39. The van der Waals surface area contributed by atoms with Gasteiger partial charge in [-0.3, -0.25) is 0 Å². The van der Waals surface area contributed by atoms with Crippen LogP contribution in [0.25, 0.3) is 0 Å². The molecule has 30 heavy (non-hydrogen) atoms. The van der Waals surface area contributed by atoms with Crippen molar-refractivity contribution in [3.63, 3.8) is 0 Å². The molecular formula is C25H42F2O3. The Morgan fingerprint density at radius 2 is 1.47 bits per heavy atom. The van der Waals surface area contributed by atoms with Gasteiger partial charge >= 0.3 is 0 Å². The van der Waals surface area contributed by atoms with Gasteiger partial charge in [-0.15, -0.1) is 0 Å². The molecule has 0 spiro atoms. The standard InChI is InChI=1S/C25H42F2O3/c1-6-7-8-9-10-11-15-22(25(28-4,29-5)30-20(2)3)16-13-12-14-21-17-18-23(26)19-24(21)27/h17-20,22H,6-16H2,1-5H3. The summed E-state index contributed by atoms with van der Waals surface area (Å²) in [6.45, 7) is 6.18. The first kappa shape index (κ1) is 27.0. The van der Waals surface area contributed by atoms with Crippen molar-refractivity contribution in [2.24, 2.45) is 5.92 Å². The molecule has 1 aromatic rings. The van der Waals surface area contributed by atoms with Gasteiger partial charge in [0, 0.05) is 26.2 Å². The van der Waals surface area contributed by atoms with E-state index in [1.54, 1.807) is 14.2 Å². The fraction of sp³-hybridized carbons (Fsp3) is 0.760. The second-order valence-corrected chi connectivity index (χ2v) is 8.41. The van der Waals surface area contributed by atoms with Crippen molar-refractivity contribution in [2.45, 2.75) is 103 Å². The molecule has 0 aliphatic carbocycles. The first-order chi connectivity index (χ1) is 14.4. The predicted octanol–water partition coefficient (Wildman–Crippen LogP) is 7.42. The van der Waals surface area contributed by atoms with Crippen molar-refractivity contribution in [2.75, 3.05) is 14.2 Å². The normalized spacial score (nSPS) is 13.2. The van der Waals surface area contributed by atoms with Crippen molar-refractivity contribution in [1.29, 1.82) is 0 Å². The van der Waals surface area contributed by atoms with Crippen LogP contribution in [0.4, 0.5) is 8.78 Å². The Hall–Kier alpha value is -1.04. The monoisotopic (exact) mass is 428 g/mol. The van der Waals surface area contributed by atoms with E-state index in [1.165, 1.54) is 44.2 Å². The Labute approximate surface area is 182 Å². The van der Waals surface area contributed by atoms with Gasteiger partial charge in [-0.1, -0.05) is 57.9 Å². The van der Waals surface area contributed by atoms with E-state index >= 15 is 0 Å². The van der Waals surface area contributed by atoms with E-state index in [4.69, 9.17) is 14.2 Å². The summed E-state index contributed by atoms with van der Waals surface area (Å²) < 4.78 is 44.6. The molecule has 1 aromatic carbocycles. The van der Waals surface area contributed by atoms with Crippen LogP contribution in [0.3, 0.4) is 0 Å². The topological polar surface area (TPSA) is 27.7 Å². The van der Waals surface area contributed by atoms with Crippen LogP contribution in [0.15, 0.2) is 18.2 Å². The van der Waals surface area contributed by atoms with Crippen molar-refractivity contribution >= 4 is 0 Å². The summed E-state index contributed by atoms with van der Waals surface area (Å²) in [7, 11) is 3.27. The zero-order chi connectivity index (χ0) is 22.4. The first-order valence-electron chi connectivity index (χ1n) is 11.6. The average Bonchev–Trinajstić information content (AvgIpc) is 2.71. The fourth-order valence-electron chi connectivity index (χ4n) is 4.04. The molecule has 0 aromatic heterocycles. The maximum absolute atomic E-state index is 13.9. The molecule has 0 aliphatic rings. The Bertz CT molecular complexity index is 574. The lowest BCUT2D eigenvalue weighted by Crippen LogP contribution is -2.46. The third kappa shape index (κ3) is 9.40. The summed E-state index contributed by atoms with van der Waals surface area (Å²) in [6, 6.07) is 3.81. The number of hydrogen-bond acceptors (Lipinski definition) is 3. The third-order valence-electron chi connectivity index (χ3n) is 5.64. The Morgan fingerprint density at radius 3 is 2.03 bits per heavy atom. The van der Waals surface area contributed by atoms with E-state index in [-0.39, 0.29) is 12.0 Å². The summed E-state index contributed by atoms with van der Waals surface area (Å²) in [4.78, 5) is 0. The quantitative estimate of drug-likeness (QED) is 0.191. The minimum Gasteiger partial charge on any atom is -0.331 e. The van der Waals surface area contributed by atoms with Gasteiger partial charge in [-0.05, 0) is 51.2 Å². The number of aryl methyl sites for hydroxylation is 1. The van der Waals surface area contributed by atoms with E-state index < -0.39 is 17.6 Å². The summed E-state index contributed by atoms with van der Waals surface area (Å²) >= 11 is 0. The van der Waals surface area contributed by atoms with Gasteiger partial charge in [0.1, 0.15) is 11.6 Å². The molecule has 0 heterocycles. The van der Waals surface area contributed by atoms with E-state index in [0.29, 0.717) is 12.0 Å². The summed E-state index contributed by atoms with van der Waals surface area (Å²) in [5.74, 6) is -1.96. The average molecular weight is 429 g/mol. The van der Waals surface area contributed by atoms with E-state index in [1.807, 2.05) is 13.8 Å². The molecular weight excluding hydrogens is 386 g/mol. The van der Waals surface area contributed by atoms with Crippen molar-refractivity contribution in [1.82, 2.24) is 0 Å². The number of hydrogen-bond donors (Lipinski definition) is 0. The van der Waals surface area contributed by atoms with Gasteiger partial charge in [0.05, 0.1) is 6.10 Å². The number of rotatable bonds is 17. The van der Waals surface area contributed by atoms with Gasteiger partial charge < -0.3 is 14.2 Å². The first-order valence-corrected chi connectivity index (χ1v) is 11.6. The number of halogens is 2. The van der Waals surface area contributed by atoms with E-state index in [0.717, 1.165) is 38.2 Å². The molecule has 174 valence electrons. The highest BCUT2D eigenvalue weighted by molar-refractivity contribution is 5.18. The number of benzene rings is 1. The van der Waals surface area contributed by atoms with Crippen molar-refractivity contribution < 1.29 is 23.0 Å². The second kappa shape index (κ2) is 14.9. The van der Waals surface area contributed by atoms with Crippen LogP contribution in [-0.4, -0.2) is 26.3 Å². The molecule has 0 radical (unpaired) electrons. The molecule has 0 saturated carbocycles. The Balaban J connectivity index is 2.66. The fourth-order valence-corrected chi connectivity index (χ4v) is 4.04. The van der Waals surface area contributed by atoms with Crippen LogP contribution in [0, 0.1) is 17.6 Å². The van der Waals surface area contributed by atoms with Gasteiger partial charge in [-0.25, -0.2) is 8.78 Å². The lowest BCUT2D eigenvalue weighted by molar-refractivity contribution is -0.399. The maximum atomic E-state index is 13.9. The lowest BCUT2D eigenvalue weighted by atomic mass is 9.91. The number of unbranched alkanes of at least 4 members (excludes halogenated alkanes) is 6. The highest BCUT2D eigenvalue weighted by Crippen LogP contribution is 2.34. The van der Waals surface area contributed by atoms with Gasteiger partial charge in [0.25, 0.3) is 5.97 Å². The number of ether oxygens (including phenoxy) is 3. The predicted molar refractivity (Wildman–Crippen MR) is 118 cm³/mol. The van der Waals surface area contributed by atoms with Gasteiger partial charge in [0.15, 0.2) is 0 Å². The van der Waals surface area contributed by atoms with Gasteiger partial charge in [0.2, 0.25) is 0 Å². The Kier molecular flexibility index (Phi) is 13.4. The van der Waals surface area contributed by atoms with Crippen molar-refractivity contribution in [3.05, 3.63) is 35.4 Å².